The van der Waals surface area contributed by atoms with Crippen molar-refractivity contribution < 1.29 is 18.0 Å². The van der Waals surface area contributed by atoms with E-state index in [-0.39, 0.29) is 5.69 Å². The number of hydrogen-bond donors (Lipinski definition) is 1. The molecule has 0 aliphatic carbocycles. The molecule has 0 atom stereocenters. The van der Waals surface area contributed by atoms with Gasteiger partial charge in [-0.2, -0.15) is 4.84 Å². The Hall–Kier alpha value is -1.78. The number of benzene rings is 1. The molecule has 0 aliphatic heterocycles. The van der Waals surface area contributed by atoms with Crippen LogP contribution in [0, 0.1) is 12.3 Å². The van der Waals surface area contributed by atoms with Crippen LogP contribution >= 0.6 is 11.3 Å². The average molecular weight is 272 g/mol. The van der Waals surface area contributed by atoms with E-state index in [1.807, 2.05) is 5.48 Å². The Morgan fingerprint density at radius 1 is 1.44 bits per heavy atom. The fraction of sp³-hybridized carbons (Fsp3) is 0.182. The molecule has 0 fully saturated rings. The summed E-state index contributed by atoms with van der Waals surface area (Å²) in [6.07, 6.45) is 0.760. The second kappa shape index (κ2) is 4.84. The maximum atomic E-state index is 11.9. The van der Waals surface area contributed by atoms with Crippen LogP contribution in [0.2, 0.25) is 0 Å². The molecule has 0 saturated heterocycles. The van der Waals surface area contributed by atoms with Crippen molar-refractivity contribution in [2.24, 2.45) is 0 Å². The highest BCUT2D eigenvalue weighted by Crippen LogP contribution is 2.29. The van der Waals surface area contributed by atoms with Crippen LogP contribution in [0.25, 0.3) is 10.2 Å². The largest absolute Gasteiger partial charge is 0.543 e. The van der Waals surface area contributed by atoms with Gasteiger partial charge in [0.25, 0.3) is 0 Å². The Morgan fingerprint density at radius 2 is 2.22 bits per heavy atom. The highest BCUT2D eigenvalue weighted by molar-refractivity contribution is 7.18. The second-order valence-corrected chi connectivity index (χ2v) is 4.41. The van der Waals surface area contributed by atoms with Crippen LogP contribution in [0.5, 0.6) is 0 Å². The van der Waals surface area contributed by atoms with Gasteiger partial charge >= 0.3 is 6.36 Å². The van der Waals surface area contributed by atoms with Gasteiger partial charge in [0.2, 0.25) is 0 Å². The number of nitrogens with zero attached hydrogens (tertiary/aromatic N) is 1. The molecule has 2 rings (SSSR count). The summed E-state index contributed by atoms with van der Waals surface area (Å²) in [5, 5.41) is 0.675. The Kier molecular flexibility index (Phi) is 3.41. The minimum atomic E-state index is -4.75. The minimum absolute atomic E-state index is 0.157. The molecule has 0 radical (unpaired) electrons. The van der Waals surface area contributed by atoms with Gasteiger partial charge in [0.1, 0.15) is 10.5 Å². The zero-order valence-electron chi connectivity index (χ0n) is 8.91. The van der Waals surface area contributed by atoms with Crippen molar-refractivity contribution in [2.75, 3.05) is 5.48 Å². The summed E-state index contributed by atoms with van der Waals surface area (Å²) in [7, 11) is 0. The molecule has 1 aromatic heterocycles. The summed E-state index contributed by atoms with van der Waals surface area (Å²) in [6, 6.07) is 4.82. The number of anilines is 1. The number of nitrogens with one attached hydrogen (secondary N) is 1. The highest BCUT2D eigenvalue weighted by Gasteiger charge is 2.30. The van der Waals surface area contributed by atoms with Crippen LogP contribution in [0.3, 0.4) is 0 Å². The van der Waals surface area contributed by atoms with E-state index >= 15 is 0 Å². The van der Waals surface area contributed by atoms with E-state index in [0.717, 1.165) is 4.70 Å². The van der Waals surface area contributed by atoms with E-state index < -0.39 is 6.36 Å². The smallest absolute Gasteiger partial charge is 0.256 e. The zero-order chi connectivity index (χ0) is 13.2. The molecule has 3 nitrogen and oxygen atoms in total. The first-order valence-corrected chi connectivity index (χ1v) is 5.64. The topological polar surface area (TPSA) is 34.2 Å². The fourth-order valence-corrected chi connectivity index (χ4v) is 2.30. The number of rotatable bonds is 3. The Labute approximate surface area is 105 Å². The van der Waals surface area contributed by atoms with Crippen LogP contribution in [0.4, 0.5) is 18.9 Å². The number of halogens is 3. The summed E-state index contributed by atoms with van der Waals surface area (Å²) in [6.45, 7) is 0. The molecule has 0 amide bonds. The Bertz CT molecular complexity index is 600. The lowest BCUT2D eigenvalue weighted by molar-refractivity contribution is -0.311. The number of terminal acetylenes is 1. The third-order valence-electron chi connectivity index (χ3n) is 1.99. The molecule has 0 spiro atoms. The third-order valence-corrected chi connectivity index (χ3v) is 3.01. The highest BCUT2D eigenvalue weighted by atomic mass is 32.1. The Morgan fingerprint density at radius 3 is 2.89 bits per heavy atom. The van der Waals surface area contributed by atoms with Crippen molar-refractivity contribution in [2.45, 2.75) is 12.8 Å². The van der Waals surface area contributed by atoms with Crippen LogP contribution in [-0.2, 0) is 11.3 Å². The van der Waals surface area contributed by atoms with E-state index in [2.05, 4.69) is 15.7 Å². The van der Waals surface area contributed by atoms with Gasteiger partial charge in [0.15, 0.2) is 0 Å². The number of fused-ring (bicyclic) bond motifs is 1. The molecular weight excluding hydrogens is 265 g/mol. The van der Waals surface area contributed by atoms with Crippen LogP contribution in [0.1, 0.15) is 5.01 Å². The molecule has 1 aromatic carbocycles. The summed E-state index contributed by atoms with van der Waals surface area (Å²) >= 11 is 1.34. The maximum Gasteiger partial charge on any atom is 0.543 e. The van der Waals surface area contributed by atoms with Gasteiger partial charge in [-0.25, -0.2) is 4.98 Å². The van der Waals surface area contributed by atoms with Crippen LogP contribution in [0.15, 0.2) is 18.2 Å². The molecule has 18 heavy (non-hydrogen) atoms. The maximum absolute atomic E-state index is 11.9. The summed E-state index contributed by atoms with van der Waals surface area (Å²) in [5.74, 6) is 2.44. The molecule has 0 aliphatic rings. The van der Waals surface area contributed by atoms with Gasteiger partial charge < -0.3 is 0 Å². The minimum Gasteiger partial charge on any atom is -0.256 e. The first-order chi connectivity index (χ1) is 8.49. The molecule has 0 saturated carbocycles. The van der Waals surface area contributed by atoms with Crippen LogP contribution < -0.4 is 5.48 Å². The first kappa shape index (κ1) is 12.7. The van der Waals surface area contributed by atoms with Gasteiger partial charge in [-0.1, -0.05) is 12.0 Å². The molecule has 0 bridgehead atoms. The summed E-state index contributed by atoms with van der Waals surface area (Å²) < 4.78 is 36.6. The normalized spacial score (nSPS) is 11.4. The predicted molar refractivity (Wildman–Crippen MR) is 62.9 cm³/mol. The number of para-hydroxylation sites is 1. The van der Waals surface area contributed by atoms with Gasteiger partial charge in [0, 0.05) is 0 Å². The lowest BCUT2D eigenvalue weighted by atomic mass is 10.3. The molecule has 1 heterocycles. The van der Waals surface area contributed by atoms with E-state index in [9.17, 15) is 13.2 Å². The molecular formula is C11H7F3N2OS. The van der Waals surface area contributed by atoms with E-state index in [4.69, 9.17) is 6.42 Å². The average Bonchev–Trinajstić information content (AvgIpc) is 2.68. The Balaban J connectivity index is 2.30. The summed E-state index contributed by atoms with van der Waals surface area (Å²) in [4.78, 5) is 7.74. The van der Waals surface area contributed by atoms with Crippen LogP contribution in [-0.4, -0.2) is 11.3 Å². The van der Waals surface area contributed by atoms with Crippen molar-refractivity contribution in [3.63, 3.8) is 0 Å². The number of hydrogen-bond acceptors (Lipinski definition) is 4. The predicted octanol–water partition coefficient (Wildman–Crippen LogP) is 3.34. The van der Waals surface area contributed by atoms with E-state index in [1.54, 1.807) is 12.1 Å². The van der Waals surface area contributed by atoms with Crippen molar-refractivity contribution in [1.82, 2.24) is 4.98 Å². The molecule has 0 unspecified atom stereocenters. The second-order valence-electron chi connectivity index (χ2n) is 3.29. The number of alkyl halides is 3. The van der Waals surface area contributed by atoms with Crippen molar-refractivity contribution >= 4 is 27.2 Å². The molecule has 2 aromatic rings. The molecule has 94 valence electrons. The van der Waals surface area contributed by atoms with Gasteiger partial charge in [0.05, 0.1) is 16.8 Å². The lowest BCUT2D eigenvalue weighted by Crippen LogP contribution is -2.18. The first-order valence-electron chi connectivity index (χ1n) is 4.82. The molecule has 7 heteroatoms. The third kappa shape index (κ3) is 2.91. The van der Waals surface area contributed by atoms with Crippen molar-refractivity contribution in [1.29, 1.82) is 0 Å². The van der Waals surface area contributed by atoms with E-state index in [0.29, 0.717) is 16.9 Å². The lowest BCUT2D eigenvalue weighted by Gasteiger charge is -2.09. The summed E-state index contributed by atoms with van der Waals surface area (Å²) in [5.41, 5.74) is 2.42. The monoisotopic (exact) mass is 272 g/mol. The van der Waals surface area contributed by atoms with Gasteiger partial charge in [-0.3, -0.25) is 5.48 Å². The molecule has 1 N–H and O–H groups in total. The van der Waals surface area contributed by atoms with E-state index in [1.165, 1.54) is 17.4 Å². The SMILES string of the molecule is C#CCc1nc2c(NOC(F)(F)F)cccc2s1. The van der Waals surface area contributed by atoms with Crippen molar-refractivity contribution in [3.05, 3.63) is 23.2 Å². The van der Waals surface area contributed by atoms with Gasteiger partial charge in [-0.15, -0.1) is 30.9 Å². The zero-order valence-corrected chi connectivity index (χ0v) is 9.73. The quantitative estimate of drug-likeness (QED) is 0.687. The standard InChI is InChI=1S/C11H7F3N2OS/c1-2-4-9-15-10-7(16-17-11(12,13)14)5-3-6-8(10)18-9/h1,3,5-6,16H,4H2. The van der Waals surface area contributed by atoms with Crippen molar-refractivity contribution in [3.8, 4) is 12.3 Å². The number of thiazole rings is 1. The number of aromatic nitrogens is 1. The van der Waals surface area contributed by atoms with Gasteiger partial charge in [-0.05, 0) is 12.1 Å². The fourth-order valence-electron chi connectivity index (χ4n) is 1.35.